The molecule has 6 nitrogen and oxygen atoms in total. The van der Waals surface area contributed by atoms with Crippen LogP contribution < -0.4 is 15.2 Å². The van der Waals surface area contributed by atoms with Gasteiger partial charge in [0.25, 0.3) is 0 Å². The standard InChI is InChI=1S/C14H17NO5/c1-10(2)13(16)19-9-3-8-18-11-4-6-12(7-5-11)20-14(15)17/h4-7H,1,3,8-9H2,2H3,(H2,15,17). The van der Waals surface area contributed by atoms with Gasteiger partial charge in [0.15, 0.2) is 0 Å². The zero-order valence-electron chi connectivity index (χ0n) is 11.3. The van der Waals surface area contributed by atoms with Crippen molar-refractivity contribution >= 4 is 12.1 Å². The molecule has 0 bridgehead atoms. The maximum absolute atomic E-state index is 11.1. The number of ether oxygens (including phenoxy) is 3. The van der Waals surface area contributed by atoms with Crippen molar-refractivity contribution in [2.45, 2.75) is 13.3 Å². The van der Waals surface area contributed by atoms with E-state index in [-0.39, 0.29) is 6.61 Å². The summed E-state index contributed by atoms with van der Waals surface area (Å²) in [7, 11) is 0. The third kappa shape index (κ3) is 5.90. The van der Waals surface area contributed by atoms with Gasteiger partial charge in [-0.2, -0.15) is 0 Å². The summed E-state index contributed by atoms with van der Waals surface area (Å²) in [6.45, 7) is 5.75. The summed E-state index contributed by atoms with van der Waals surface area (Å²) >= 11 is 0. The maximum Gasteiger partial charge on any atom is 0.409 e. The number of amides is 1. The lowest BCUT2D eigenvalue weighted by atomic mass is 10.3. The molecule has 20 heavy (non-hydrogen) atoms. The van der Waals surface area contributed by atoms with Crippen LogP contribution in [0.3, 0.4) is 0 Å². The van der Waals surface area contributed by atoms with Crippen LogP contribution in [0.4, 0.5) is 4.79 Å². The highest BCUT2D eigenvalue weighted by Crippen LogP contribution is 2.17. The van der Waals surface area contributed by atoms with Crippen molar-refractivity contribution in [1.29, 1.82) is 0 Å². The Kier molecular flexibility index (Phi) is 6.09. The zero-order valence-corrected chi connectivity index (χ0v) is 11.3. The fourth-order valence-electron chi connectivity index (χ4n) is 1.26. The monoisotopic (exact) mass is 279 g/mol. The van der Waals surface area contributed by atoms with Gasteiger partial charge in [-0.05, 0) is 31.2 Å². The lowest BCUT2D eigenvalue weighted by Crippen LogP contribution is -2.16. The van der Waals surface area contributed by atoms with Gasteiger partial charge in [0.05, 0.1) is 13.2 Å². The van der Waals surface area contributed by atoms with Crippen LogP contribution in [0.15, 0.2) is 36.4 Å². The minimum atomic E-state index is -0.863. The number of nitrogens with two attached hydrogens (primary N) is 1. The first-order valence-electron chi connectivity index (χ1n) is 6.02. The van der Waals surface area contributed by atoms with Crippen molar-refractivity contribution in [2.75, 3.05) is 13.2 Å². The topological polar surface area (TPSA) is 87.8 Å². The van der Waals surface area contributed by atoms with Crippen LogP contribution in [0.2, 0.25) is 0 Å². The lowest BCUT2D eigenvalue weighted by molar-refractivity contribution is -0.139. The van der Waals surface area contributed by atoms with Gasteiger partial charge in [-0.3, -0.25) is 0 Å². The van der Waals surface area contributed by atoms with Crippen LogP contribution >= 0.6 is 0 Å². The predicted molar refractivity (Wildman–Crippen MR) is 72.5 cm³/mol. The van der Waals surface area contributed by atoms with E-state index in [9.17, 15) is 9.59 Å². The molecule has 1 aromatic carbocycles. The Balaban J connectivity index is 2.24. The Morgan fingerprint density at radius 1 is 1.15 bits per heavy atom. The quantitative estimate of drug-likeness (QED) is 0.468. The van der Waals surface area contributed by atoms with E-state index in [2.05, 4.69) is 11.3 Å². The minimum Gasteiger partial charge on any atom is -0.493 e. The van der Waals surface area contributed by atoms with Crippen molar-refractivity contribution < 1.29 is 23.8 Å². The molecule has 0 aliphatic carbocycles. The Bertz CT molecular complexity index is 481. The first-order valence-corrected chi connectivity index (χ1v) is 6.02. The van der Waals surface area contributed by atoms with Gasteiger partial charge in [-0.1, -0.05) is 6.58 Å². The Morgan fingerprint density at radius 2 is 1.75 bits per heavy atom. The molecular formula is C14H17NO5. The molecule has 0 radical (unpaired) electrons. The first-order chi connectivity index (χ1) is 9.49. The van der Waals surface area contributed by atoms with Gasteiger partial charge in [0.1, 0.15) is 11.5 Å². The Morgan fingerprint density at radius 3 is 2.30 bits per heavy atom. The van der Waals surface area contributed by atoms with E-state index in [0.29, 0.717) is 30.1 Å². The van der Waals surface area contributed by atoms with Crippen LogP contribution in [0.5, 0.6) is 11.5 Å². The summed E-state index contributed by atoms with van der Waals surface area (Å²) in [5.74, 6) is 0.561. The SMILES string of the molecule is C=C(C)C(=O)OCCCOc1ccc(OC(N)=O)cc1. The summed E-state index contributed by atoms with van der Waals surface area (Å²) in [5, 5.41) is 0. The molecule has 0 fully saturated rings. The van der Waals surface area contributed by atoms with Crippen LogP contribution in [0.25, 0.3) is 0 Å². The summed E-state index contributed by atoms with van der Waals surface area (Å²) in [6.07, 6.45) is -0.295. The third-order valence-electron chi connectivity index (χ3n) is 2.18. The second-order valence-electron chi connectivity index (χ2n) is 4.01. The number of primary amides is 1. The van der Waals surface area contributed by atoms with Crippen molar-refractivity contribution in [3.8, 4) is 11.5 Å². The largest absolute Gasteiger partial charge is 0.493 e. The number of rotatable bonds is 7. The fourth-order valence-corrected chi connectivity index (χ4v) is 1.26. The molecule has 1 aromatic rings. The zero-order chi connectivity index (χ0) is 15.0. The smallest absolute Gasteiger partial charge is 0.409 e. The number of benzene rings is 1. The van der Waals surface area contributed by atoms with Gasteiger partial charge in [0.2, 0.25) is 0 Å². The van der Waals surface area contributed by atoms with Crippen molar-refractivity contribution in [1.82, 2.24) is 0 Å². The molecule has 2 N–H and O–H groups in total. The molecule has 0 heterocycles. The van der Waals surface area contributed by atoms with E-state index in [1.54, 1.807) is 31.2 Å². The molecule has 0 atom stereocenters. The molecule has 1 rings (SSSR count). The number of hydrogen-bond acceptors (Lipinski definition) is 5. The number of hydrogen-bond donors (Lipinski definition) is 1. The molecule has 0 spiro atoms. The molecule has 6 heteroatoms. The highest BCUT2D eigenvalue weighted by atomic mass is 16.5. The summed E-state index contributed by atoms with van der Waals surface area (Å²) in [6, 6.07) is 6.44. The van der Waals surface area contributed by atoms with Gasteiger partial charge in [-0.15, -0.1) is 0 Å². The van der Waals surface area contributed by atoms with E-state index < -0.39 is 12.1 Å². The average molecular weight is 279 g/mol. The molecule has 108 valence electrons. The number of carbonyl (C=O) groups is 2. The van der Waals surface area contributed by atoms with E-state index in [1.807, 2.05) is 0 Å². The van der Waals surface area contributed by atoms with Gasteiger partial charge in [-0.25, -0.2) is 9.59 Å². The number of carbonyl (C=O) groups excluding carboxylic acids is 2. The highest BCUT2D eigenvalue weighted by molar-refractivity contribution is 5.86. The van der Waals surface area contributed by atoms with Crippen molar-refractivity contribution in [3.63, 3.8) is 0 Å². The maximum atomic E-state index is 11.1. The fraction of sp³-hybridized carbons (Fsp3) is 0.286. The van der Waals surface area contributed by atoms with Gasteiger partial charge >= 0.3 is 12.1 Å². The molecule has 0 saturated heterocycles. The van der Waals surface area contributed by atoms with E-state index >= 15 is 0 Å². The normalized spacial score (nSPS) is 9.65. The van der Waals surface area contributed by atoms with Crippen LogP contribution in [0, 0.1) is 0 Å². The summed E-state index contributed by atoms with van der Waals surface area (Å²) in [5.41, 5.74) is 5.25. The average Bonchev–Trinajstić information content (AvgIpc) is 2.39. The molecule has 0 aliphatic heterocycles. The number of esters is 1. The van der Waals surface area contributed by atoms with Gasteiger partial charge in [0, 0.05) is 12.0 Å². The van der Waals surface area contributed by atoms with Crippen LogP contribution in [-0.4, -0.2) is 25.3 Å². The van der Waals surface area contributed by atoms with Crippen LogP contribution in [0.1, 0.15) is 13.3 Å². The molecule has 0 saturated carbocycles. The second-order valence-corrected chi connectivity index (χ2v) is 4.01. The highest BCUT2D eigenvalue weighted by Gasteiger charge is 2.03. The molecule has 0 aromatic heterocycles. The Hall–Kier alpha value is -2.50. The van der Waals surface area contributed by atoms with E-state index in [0.717, 1.165) is 0 Å². The predicted octanol–water partition coefficient (Wildman–Crippen LogP) is 2.03. The summed E-state index contributed by atoms with van der Waals surface area (Å²) in [4.78, 5) is 21.6. The third-order valence-corrected chi connectivity index (χ3v) is 2.18. The summed E-state index contributed by atoms with van der Waals surface area (Å²) < 4.78 is 15.0. The van der Waals surface area contributed by atoms with Crippen molar-refractivity contribution in [2.24, 2.45) is 5.73 Å². The lowest BCUT2D eigenvalue weighted by Gasteiger charge is -2.07. The van der Waals surface area contributed by atoms with Crippen molar-refractivity contribution in [3.05, 3.63) is 36.4 Å². The second kappa shape index (κ2) is 7.83. The molecule has 0 aliphatic rings. The first kappa shape index (κ1) is 15.6. The molecule has 0 unspecified atom stereocenters. The van der Waals surface area contributed by atoms with Crippen LogP contribution in [-0.2, 0) is 9.53 Å². The minimum absolute atomic E-state index is 0.272. The van der Waals surface area contributed by atoms with Gasteiger partial charge < -0.3 is 19.9 Å². The molecule has 1 amide bonds. The molecular weight excluding hydrogens is 262 g/mol. The Labute approximate surface area is 117 Å². The van der Waals surface area contributed by atoms with E-state index in [4.69, 9.17) is 15.2 Å². The van der Waals surface area contributed by atoms with E-state index in [1.165, 1.54) is 0 Å².